The van der Waals surface area contributed by atoms with Gasteiger partial charge in [-0.05, 0) is 31.4 Å². The summed E-state index contributed by atoms with van der Waals surface area (Å²) in [4.78, 5) is 13.1. The standard InChI is InChI=1S/C14H18N2O2/c17-13(18)16-9-6-12-14(16,7-8-15-12)10-11-4-2-1-3-5-11/h1-5,12,15H,6-10H2,(H,17,18)/t12-,14+/m1/s1. The average molecular weight is 246 g/mol. The van der Waals surface area contributed by atoms with Crippen molar-refractivity contribution in [2.45, 2.75) is 30.8 Å². The molecule has 0 unspecified atom stereocenters. The van der Waals surface area contributed by atoms with Gasteiger partial charge in [0.25, 0.3) is 0 Å². The van der Waals surface area contributed by atoms with Crippen LogP contribution < -0.4 is 5.32 Å². The summed E-state index contributed by atoms with van der Waals surface area (Å²) in [6, 6.07) is 10.5. The molecule has 2 fully saturated rings. The van der Waals surface area contributed by atoms with E-state index in [1.807, 2.05) is 18.2 Å². The van der Waals surface area contributed by atoms with E-state index in [0.717, 1.165) is 25.8 Å². The highest BCUT2D eigenvalue weighted by Gasteiger charge is 2.53. The number of hydrogen-bond donors (Lipinski definition) is 2. The van der Waals surface area contributed by atoms with E-state index in [0.29, 0.717) is 12.6 Å². The third-order valence-corrected chi connectivity index (χ3v) is 4.36. The van der Waals surface area contributed by atoms with E-state index in [-0.39, 0.29) is 5.54 Å². The minimum absolute atomic E-state index is 0.229. The molecule has 2 atom stereocenters. The normalized spacial score (nSPS) is 30.4. The fraction of sp³-hybridized carbons (Fsp3) is 0.500. The van der Waals surface area contributed by atoms with E-state index >= 15 is 0 Å². The summed E-state index contributed by atoms with van der Waals surface area (Å²) in [5.74, 6) is 0. The van der Waals surface area contributed by atoms with Crippen molar-refractivity contribution in [3.63, 3.8) is 0 Å². The molecule has 3 rings (SSSR count). The van der Waals surface area contributed by atoms with Crippen molar-refractivity contribution in [2.75, 3.05) is 13.1 Å². The zero-order valence-corrected chi connectivity index (χ0v) is 10.3. The molecule has 4 nitrogen and oxygen atoms in total. The van der Waals surface area contributed by atoms with Crippen LogP contribution in [-0.4, -0.2) is 40.8 Å². The second kappa shape index (κ2) is 4.28. The van der Waals surface area contributed by atoms with Gasteiger partial charge in [0, 0.05) is 12.6 Å². The van der Waals surface area contributed by atoms with Gasteiger partial charge in [0.15, 0.2) is 0 Å². The van der Waals surface area contributed by atoms with Crippen molar-refractivity contribution in [1.82, 2.24) is 10.2 Å². The first kappa shape index (κ1) is 11.5. The molecule has 0 aliphatic carbocycles. The van der Waals surface area contributed by atoms with Crippen LogP contribution in [0.1, 0.15) is 18.4 Å². The second-order valence-electron chi connectivity index (χ2n) is 5.25. The van der Waals surface area contributed by atoms with Gasteiger partial charge in [-0.15, -0.1) is 0 Å². The van der Waals surface area contributed by atoms with Gasteiger partial charge in [0.1, 0.15) is 0 Å². The van der Waals surface area contributed by atoms with Crippen LogP contribution in [0.15, 0.2) is 30.3 Å². The summed E-state index contributed by atoms with van der Waals surface area (Å²) in [6.45, 7) is 1.57. The first-order valence-electron chi connectivity index (χ1n) is 6.50. The number of hydrogen-bond acceptors (Lipinski definition) is 2. The zero-order valence-electron chi connectivity index (χ0n) is 10.3. The highest BCUT2D eigenvalue weighted by molar-refractivity contribution is 5.67. The van der Waals surface area contributed by atoms with Crippen LogP contribution in [0, 0.1) is 0 Å². The number of nitrogens with zero attached hydrogens (tertiary/aromatic N) is 1. The lowest BCUT2D eigenvalue weighted by molar-refractivity contribution is 0.101. The highest BCUT2D eigenvalue weighted by atomic mass is 16.4. The van der Waals surface area contributed by atoms with Gasteiger partial charge < -0.3 is 15.3 Å². The maximum Gasteiger partial charge on any atom is 0.407 e. The molecule has 0 aromatic heterocycles. The molecule has 0 bridgehead atoms. The van der Waals surface area contributed by atoms with Gasteiger partial charge in [-0.1, -0.05) is 30.3 Å². The molecular weight excluding hydrogens is 228 g/mol. The topological polar surface area (TPSA) is 52.6 Å². The SMILES string of the molecule is O=C(O)N1CC[C@H]2NCC[C@]21Cc1ccccc1. The van der Waals surface area contributed by atoms with E-state index in [4.69, 9.17) is 0 Å². The smallest absolute Gasteiger partial charge is 0.407 e. The van der Waals surface area contributed by atoms with Crippen LogP contribution in [-0.2, 0) is 6.42 Å². The first-order valence-corrected chi connectivity index (χ1v) is 6.50. The molecule has 0 spiro atoms. The van der Waals surface area contributed by atoms with Crippen molar-refractivity contribution in [2.24, 2.45) is 0 Å². The Balaban J connectivity index is 1.91. The molecule has 2 aliphatic rings. The molecule has 18 heavy (non-hydrogen) atoms. The van der Waals surface area contributed by atoms with Crippen molar-refractivity contribution in [1.29, 1.82) is 0 Å². The molecule has 2 N–H and O–H groups in total. The van der Waals surface area contributed by atoms with Crippen LogP contribution in [0.4, 0.5) is 4.79 Å². The van der Waals surface area contributed by atoms with E-state index in [2.05, 4.69) is 17.4 Å². The number of fused-ring (bicyclic) bond motifs is 1. The molecule has 1 aromatic rings. The Hall–Kier alpha value is -1.55. The Morgan fingerprint density at radius 2 is 2.22 bits per heavy atom. The number of nitrogens with one attached hydrogen (secondary N) is 1. The summed E-state index contributed by atoms with van der Waals surface area (Å²) < 4.78 is 0. The summed E-state index contributed by atoms with van der Waals surface area (Å²) in [5, 5.41) is 12.9. The maximum atomic E-state index is 11.4. The third kappa shape index (κ3) is 1.68. The summed E-state index contributed by atoms with van der Waals surface area (Å²) >= 11 is 0. The van der Waals surface area contributed by atoms with E-state index < -0.39 is 6.09 Å². The van der Waals surface area contributed by atoms with Crippen molar-refractivity contribution in [3.05, 3.63) is 35.9 Å². The quantitative estimate of drug-likeness (QED) is 0.835. The van der Waals surface area contributed by atoms with Crippen LogP contribution in [0.2, 0.25) is 0 Å². The highest BCUT2D eigenvalue weighted by Crippen LogP contribution is 2.39. The Kier molecular flexibility index (Phi) is 2.74. The predicted molar refractivity (Wildman–Crippen MR) is 68.6 cm³/mol. The van der Waals surface area contributed by atoms with Gasteiger partial charge in [-0.2, -0.15) is 0 Å². The Morgan fingerprint density at radius 1 is 1.44 bits per heavy atom. The average Bonchev–Trinajstić information content (AvgIpc) is 2.87. The molecule has 2 heterocycles. The lowest BCUT2D eigenvalue weighted by Gasteiger charge is -2.36. The first-order chi connectivity index (χ1) is 8.72. The number of rotatable bonds is 2. The Morgan fingerprint density at radius 3 is 2.94 bits per heavy atom. The monoisotopic (exact) mass is 246 g/mol. The second-order valence-corrected chi connectivity index (χ2v) is 5.25. The van der Waals surface area contributed by atoms with Gasteiger partial charge in [0.05, 0.1) is 5.54 Å². The Bertz CT molecular complexity index is 448. The van der Waals surface area contributed by atoms with Gasteiger partial charge in [-0.3, -0.25) is 0 Å². The van der Waals surface area contributed by atoms with E-state index in [1.165, 1.54) is 5.56 Å². The number of amides is 1. The summed E-state index contributed by atoms with van der Waals surface area (Å²) in [6.07, 6.45) is 1.88. The Labute approximate surface area is 107 Å². The fourth-order valence-electron chi connectivity index (χ4n) is 3.54. The largest absolute Gasteiger partial charge is 0.465 e. The number of benzene rings is 1. The van der Waals surface area contributed by atoms with Gasteiger partial charge >= 0.3 is 6.09 Å². The molecule has 4 heteroatoms. The van der Waals surface area contributed by atoms with Crippen molar-refractivity contribution < 1.29 is 9.90 Å². The van der Waals surface area contributed by atoms with E-state index in [1.54, 1.807) is 4.90 Å². The lowest BCUT2D eigenvalue weighted by atomic mass is 9.84. The van der Waals surface area contributed by atoms with Crippen LogP contribution in [0.3, 0.4) is 0 Å². The summed E-state index contributed by atoms with van der Waals surface area (Å²) in [5.41, 5.74) is 0.993. The molecule has 1 aromatic carbocycles. The fourth-order valence-corrected chi connectivity index (χ4v) is 3.54. The van der Waals surface area contributed by atoms with Crippen molar-refractivity contribution in [3.8, 4) is 0 Å². The summed E-state index contributed by atoms with van der Waals surface area (Å²) in [7, 11) is 0. The van der Waals surface area contributed by atoms with Crippen LogP contribution in [0.5, 0.6) is 0 Å². The maximum absolute atomic E-state index is 11.4. The van der Waals surface area contributed by atoms with Crippen molar-refractivity contribution >= 4 is 6.09 Å². The zero-order chi connectivity index (χ0) is 12.6. The molecule has 0 radical (unpaired) electrons. The third-order valence-electron chi connectivity index (χ3n) is 4.36. The molecular formula is C14H18N2O2. The number of likely N-dealkylation sites (tertiary alicyclic amines) is 1. The lowest BCUT2D eigenvalue weighted by Crippen LogP contribution is -2.53. The predicted octanol–water partition coefficient (Wildman–Crippen LogP) is 1.71. The van der Waals surface area contributed by atoms with Gasteiger partial charge in [0.2, 0.25) is 0 Å². The van der Waals surface area contributed by atoms with E-state index in [9.17, 15) is 9.90 Å². The molecule has 0 saturated carbocycles. The molecule has 96 valence electrons. The minimum Gasteiger partial charge on any atom is -0.465 e. The minimum atomic E-state index is -0.780. The number of carbonyl (C=O) groups is 1. The number of carboxylic acid groups (broad SMARTS) is 1. The molecule has 2 saturated heterocycles. The molecule has 2 aliphatic heterocycles. The van der Waals surface area contributed by atoms with Crippen LogP contribution in [0.25, 0.3) is 0 Å². The molecule has 1 amide bonds. The van der Waals surface area contributed by atoms with Gasteiger partial charge in [-0.25, -0.2) is 4.79 Å². The van der Waals surface area contributed by atoms with Crippen LogP contribution >= 0.6 is 0 Å².